The summed E-state index contributed by atoms with van der Waals surface area (Å²) in [6.45, 7) is -0.267. The smallest absolute Gasteiger partial charge is 0.347 e. The fraction of sp³-hybridized carbons (Fsp3) is 0.238. The number of β-lactam (4-membered cyclic amide) rings is 1. The summed E-state index contributed by atoms with van der Waals surface area (Å²) in [5.41, 5.74) is 0.329. The monoisotopic (exact) mass is 409 g/mol. The van der Waals surface area contributed by atoms with Crippen LogP contribution in [-0.4, -0.2) is 70.0 Å². The summed E-state index contributed by atoms with van der Waals surface area (Å²) in [5, 5.41) is 12.2. The predicted molar refractivity (Wildman–Crippen MR) is 103 cm³/mol. The maximum Gasteiger partial charge on any atom is 0.347 e. The van der Waals surface area contributed by atoms with Crippen LogP contribution >= 0.6 is 0 Å². The van der Waals surface area contributed by atoms with E-state index in [9.17, 15) is 24.3 Å². The maximum atomic E-state index is 12.8. The number of hydrogen-bond acceptors (Lipinski definition) is 5. The molecule has 3 atom stereocenters. The number of para-hydroxylation sites is 1. The summed E-state index contributed by atoms with van der Waals surface area (Å²) in [4.78, 5) is 51.6. The lowest BCUT2D eigenvalue weighted by atomic mass is 9.96. The average molecular weight is 409 g/mol. The first kappa shape index (κ1) is 19.4. The molecule has 0 saturated carbocycles. The van der Waals surface area contributed by atoms with E-state index in [0.29, 0.717) is 11.3 Å². The molecule has 0 bridgehead atoms. The Morgan fingerprint density at radius 3 is 2.30 bits per heavy atom. The van der Waals surface area contributed by atoms with Gasteiger partial charge in [-0.15, -0.1) is 0 Å². The van der Waals surface area contributed by atoms with Crippen LogP contribution in [0.4, 0.5) is 0 Å². The van der Waals surface area contributed by atoms with Crippen LogP contribution in [0.5, 0.6) is 5.75 Å². The minimum atomic E-state index is -1.40. The van der Waals surface area contributed by atoms with Crippen LogP contribution in [0, 0.1) is 0 Å². The molecule has 2 aromatic rings. The molecule has 4 rings (SSSR count). The van der Waals surface area contributed by atoms with E-state index in [2.05, 4.69) is 5.32 Å². The fourth-order valence-electron chi connectivity index (χ4n) is 3.75. The van der Waals surface area contributed by atoms with Gasteiger partial charge < -0.3 is 25.0 Å². The Kier molecular flexibility index (Phi) is 5.09. The van der Waals surface area contributed by atoms with E-state index in [1.807, 2.05) is 6.07 Å². The lowest BCUT2D eigenvalue weighted by Crippen LogP contribution is -2.71. The molecular weight excluding hydrogens is 390 g/mol. The van der Waals surface area contributed by atoms with Crippen molar-refractivity contribution in [1.29, 1.82) is 0 Å². The molecule has 3 amide bonds. The standard InChI is InChI=1S/C21H19N3O6/c25-16(12-30-14-9-5-2-6-10-14)22-17-15-11-23(18(21(28)29)24(15)20(17)27)19(26)13-7-3-1-4-8-13/h1-10,15,17-18H,11-12H2,(H,22,25)(H,28,29)/t15?,17-,18?/m1/s1. The normalized spacial score (nSPS) is 22.1. The van der Waals surface area contributed by atoms with Crippen LogP contribution in [-0.2, 0) is 14.4 Å². The first-order chi connectivity index (χ1) is 14.5. The fourth-order valence-corrected chi connectivity index (χ4v) is 3.75. The van der Waals surface area contributed by atoms with E-state index in [1.54, 1.807) is 54.6 Å². The SMILES string of the molecule is O=C(COc1ccccc1)N[C@H]1C(=O)N2C1CN(C(=O)c1ccccc1)C2C(=O)O. The van der Waals surface area contributed by atoms with Crippen LogP contribution in [0.25, 0.3) is 0 Å². The van der Waals surface area contributed by atoms with Gasteiger partial charge in [-0.05, 0) is 24.3 Å². The third kappa shape index (κ3) is 3.45. The van der Waals surface area contributed by atoms with Crippen LogP contribution < -0.4 is 10.1 Å². The number of amides is 3. The largest absolute Gasteiger partial charge is 0.484 e. The van der Waals surface area contributed by atoms with Crippen LogP contribution in [0.3, 0.4) is 0 Å². The molecule has 2 saturated heterocycles. The summed E-state index contributed by atoms with van der Waals surface area (Å²) < 4.78 is 5.36. The first-order valence-corrected chi connectivity index (χ1v) is 9.35. The number of carbonyl (C=O) groups is 4. The van der Waals surface area contributed by atoms with Gasteiger partial charge in [-0.25, -0.2) is 4.79 Å². The number of rotatable bonds is 6. The summed E-state index contributed by atoms with van der Waals surface area (Å²) >= 11 is 0. The maximum absolute atomic E-state index is 12.8. The number of aliphatic carboxylic acids is 1. The zero-order valence-electron chi connectivity index (χ0n) is 15.8. The number of carbonyl (C=O) groups excluding carboxylic acids is 3. The van der Waals surface area contributed by atoms with Crippen molar-refractivity contribution in [3.63, 3.8) is 0 Å². The second-order valence-corrected chi connectivity index (χ2v) is 7.00. The second-order valence-electron chi connectivity index (χ2n) is 7.00. The van der Waals surface area contributed by atoms with E-state index in [4.69, 9.17) is 4.74 Å². The summed E-state index contributed by atoms with van der Waals surface area (Å²) in [6, 6.07) is 15.5. The van der Waals surface area contributed by atoms with Gasteiger partial charge in [0, 0.05) is 12.1 Å². The average Bonchev–Trinajstić information content (AvgIpc) is 3.13. The quantitative estimate of drug-likeness (QED) is 0.664. The van der Waals surface area contributed by atoms with Crippen LogP contribution in [0.15, 0.2) is 60.7 Å². The summed E-state index contributed by atoms with van der Waals surface area (Å²) in [6.07, 6.45) is -1.40. The van der Waals surface area contributed by atoms with Crippen LogP contribution in [0.2, 0.25) is 0 Å². The number of nitrogens with one attached hydrogen (secondary N) is 1. The number of hydrogen-bond donors (Lipinski definition) is 2. The molecule has 2 aromatic carbocycles. The molecule has 2 N–H and O–H groups in total. The Labute approximate surface area is 171 Å². The Morgan fingerprint density at radius 2 is 1.67 bits per heavy atom. The molecule has 2 unspecified atom stereocenters. The lowest BCUT2D eigenvalue weighted by Gasteiger charge is -2.43. The minimum Gasteiger partial charge on any atom is -0.484 e. The van der Waals surface area contributed by atoms with Crippen molar-refractivity contribution in [2.75, 3.05) is 13.2 Å². The highest BCUT2D eigenvalue weighted by molar-refractivity contribution is 6.02. The Balaban J connectivity index is 1.43. The molecule has 30 heavy (non-hydrogen) atoms. The van der Waals surface area contributed by atoms with Gasteiger partial charge in [0.15, 0.2) is 6.61 Å². The molecule has 0 aliphatic carbocycles. The Hall–Kier alpha value is -3.88. The topological polar surface area (TPSA) is 116 Å². The lowest BCUT2D eigenvalue weighted by molar-refractivity contribution is -0.163. The van der Waals surface area contributed by atoms with E-state index in [1.165, 1.54) is 0 Å². The van der Waals surface area contributed by atoms with Crippen molar-refractivity contribution in [2.24, 2.45) is 0 Å². The molecule has 2 aliphatic heterocycles. The van der Waals surface area contributed by atoms with E-state index < -0.39 is 41.9 Å². The number of fused-ring (bicyclic) bond motifs is 1. The van der Waals surface area contributed by atoms with Gasteiger partial charge in [-0.2, -0.15) is 0 Å². The highest BCUT2D eigenvalue weighted by Crippen LogP contribution is 2.33. The Morgan fingerprint density at radius 1 is 1.03 bits per heavy atom. The predicted octanol–water partition coefficient (Wildman–Crippen LogP) is 0.328. The molecule has 0 aromatic heterocycles. The third-order valence-corrected chi connectivity index (χ3v) is 5.14. The number of benzene rings is 2. The van der Waals surface area contributed by atoms with E-state index in [-0.39, 0.29) is 13.2 Å². The van der Waals surface area contributed by atoms with Crippen molar-refractivity contribution < 1.29 is 29.0 Å². The van der Waals surface area contributed by atoms with Gasteiger partial charge in [0.25, 0.3) is 11.8 Å². The molecule has 0 radical (unpaired) electrons. The molecule has 2 heterocycles. The van der Waals surface area contributed by atoms with Crippen molar-refractivity contribution in [3.8, 4) is 5.75 Å². The molecule has 154 valence electrons. The minimum absolute atomic E-state index is 0.0148. The molecule has 9 heteroatoms. The number of ether oxygens (including phenoxy) is 1. The zero-order valence-corrected chi connectivity index (χ0v) is 15.8. The molecule has 2 fully saturated rings. The van der Waals surface area contributed by atoms with Crippen LogP contribution in [0.1, 0.15) is 10.4 Å². The number of carboxylic acids is 1. The summed E-state index contributed by atoms with van der Waals surface area (Å²) in [7, 11) is 0. The van der Waals surface area contributed by atoms with Gasteiger partial charge in [0.05, 0.1) is 6.04 Å². The number of carboxylic acid groups (broad SMARTS) is 1. The third-order valence-electron chi connectivity index (χ3n) is 5.14. The first-order valence-electron chi connectivity index (χ1n) is 9.35. The molecule has 2 aliphatic rings. The highest BCUT2D eigenvalue weighted by atomic mass is 16.5. The molecular formula is C21H19N3O6. The number of nitrogens with zero attached hydrogens (tertiary/aromatic N) is 2. The highest BCUT2D eigenvalue weighted by Gasteiger charge is 2.61. The van der Waals surface area contributed by atoms with Gasteiger partial charge >= 0.3 is 5.97 Å². The summed E-state index contributed by atoms with van der Waals surface area (Å²) in [5.74, 6) is -2.31. The van der Waals surface area contributed by atoms with E-state index >= 15 is 0 Å². The van der Waals surface area contributed by atoms with E-state index in [0.717, 1.165) is 9.80 Å². The molecule has 0 spiro atoms. The van der Waals surface area contributed by atoms with Gasteiger partial charge in [0.1, 0.15) is 11.8 Å². The second kappa shape index (κ2) is 7.86. The van der Waals surface area contributed by atoms with Crippen molar-refractivity contribution >= 4 is 23.7 Å². The van der Waals surface area contributed by atoms with Gasteiger partial charge in [-0.1, -0.05) is 36.4 Å². The zero-order chi connectivity index (χ0) is 21.3. The van der Waals surface area contributed by atoms with Crippen molar-refractivity contribution in [2.45, 2.75) is 18.2 Å². The Bertz CT molecular complexity index is 981. The molecule has 9 nitrogen and oxygen atoms in total. The van der Waals surface area contributed by atoms with Crippen molar-refractivity contribution in [1.82, 2.24) is 15.1 Å². The van der Waals surface area contributed by atoms with Gasteiger partial charge in [0.2, 0.25) is 12.1 Å². The van der Waals surface area contributed by atoms with Gasteiger partial charge in [-0.3, -0.25) is 14.4 Å². The van der Waals surface area contributed by atoms with Crippen molar-refractivity contribution in [3.05, 3.63) is 66.2 Å².